The van der Waals surface area contributed by atoms with Crippen LogP contribution < -0.4 is 5.32 Å². The summed E-state index contributed by atoms with van der Waals surface area (Å²) < 4.78 is 4.95. The maximum atomic E-state index is 12.2. The minimum Gasteiger partial charge on any atom is -0.477 e. The van der Waals surface area contributed by atoms with Crippen molar-refractivity contribution in [3.63, 3.8) is 0 Å². The van der Waals surface area contributed by atoms with E-state index in [1.165, 1.54) is 24.1 Å². The van der Waals surface area contributed by atoms with E-state index in [0.29, 0.717) is 5.75 Å². The van der Waals surface area contributed by atoms with Gasteiger partial charge >= 0.3 is 5.97 Å². The van der Waals surface area contributed by atoms with Gasteiger partial charge in [-0.25, -0.2) is 4.79 Å². The Morgan fingerprint density at radius 2 is 2.27 bits per heavy atom. The van der Waals surface area contributed by atoms with Crippen LogP contribution in [0.1, 0.15) is 10.6 Å². The van der Waals surface area contributed by atoms with Gasteiger partial charge in [0.25, 0.3) is 11.8 Å². The number of fused-ring (bicyclic) bond motifs is 1. The van der Waals surface area contributed by atoms with Crippen molar-refractivity contribution < 1.29 is 29.0 Å². The first-order valence-corrected chi connectivity index (χ1v) is 7.44. The Morgan fingerprint density at radius 3 is 2.86 bits per heavy atom. The molecule has 0 spiro atoms. The van der Waals surface area contributed by atoms with Crippen molar-refractivity contribution in [2.24, 2.45) is 0 Å². The number of carboxylic acid groups (broad SMARTS) is 1. The fraction of sp³-hybridized carbons (Fsp3) is 0.308. The zero-order chi connectivity index (χ0) is 15.9. The predicted octanol–water partition coefficient (Wildman–Crippen LogP) is -0.376. The van der Waals surface area contributed by atoms with E-state index in [4.69, 9.17) is 4.42 Å². The largest absolute Gasteiger partial charge is 0.477 e. The van der Waals surface area contributed by atoms with E-state index in [-0.39, 0.29) is 17.0 Å². The molecular formula is C13H12N2O6S. The second-order valence-corrected chi connectivity index (χ2v) is 5.86. The Kier molecular flexibility index (Phi) is 3.67. The van der Waals surface area contributed by atoms with Crippen molar-refractivity contribution >= 4 is 29.5 Å². The highest BCUT2D eigenvalue weighted by molar-refractivity contribution is 8.00. The summed E-state index contributed by atoms with van der Waals surface area (Å²) in [5.74, 6) is -1.94. The molecule has 0 bridgehead atoms. The Balaban J connectivity index is 1.78. The number of hydrogen-bond acceptors (Lipinski definition) is 6. The molecular weight excluding hydrogens is 312 g/mol. The fourth-order valence-electron chi connectivity index (χ4n) is 2.42. The molecule has 1 saturated heterocycles. The molecule has 0 unspecified atom stereocenters. The smallest absolute Gasteiger partial charge is 0.352 e. The highest BCUT2D eigenvalue weighted by Crippen LogP contribution is 2.40. The number of amides is 2. The summed E-state index contributed by atoms with van der Waals surface area (Å²) in [7, 11) is 0. The third-order valence-corrected chi connectivity index (χ3v) is 4.81. The van der Waals surface area contributed by atoms with Gasteiger partial charge in [-0.3, -0.25) is 14.5 Å². The molecule has 0 aromatic carbocycles. The fourth-order valence-corrected chi connectivity index (χ4v) is 3.76. The Bertz CT molecular complexity index is 668. The van der Waals surface area contributed by atoms with Crippen LogP contribution >= 0.6 is 11.8 Å². The molecule has 0 aliphatic carbocycles. The lowest BCUT2D eigenvalue weighted by atomic mass is 10.0. The molecule has 2 amide bonds. The molecule has 3 rings (SSSR count). The molecule has 2 aliphatic heterocycles. The monoisotopic (exact) mass is 324 g/mol. The third kappa shape index (κ3) is 2.18. The predicted molar refractivity (Wildman–Crippen MR) is 74.8 cm³/mol. The van der Waals surface area contributed by atoms with Crippen molar-refractivity contribution in [2.45, 2.75) is 11.4 Å². The van der Waals surface area contributed by atoms with Crippen molar-refractivity contribution in [3.8, 4) is 0 Å². The molecule has 3 heterocycles. The number of nitrogens with one attached hydrogen (secondary N) is 1. The van der Waals surface area contributed by atoms with Gasteiger partial charge in [-0.15, -0.1) is 11.8 Å². The van der Waals surface area contributed by atoms with Crippen LogP contribution in [0.3, 0.4) is 0 Å². The maximum Gasteiger partial charge on any atom is 0.352 e. The summed E-state index contributed by atoms with van der Waals surface area (Å²) in [5, 5.41) is 20.5. The minimum absolute atomic E-state index is 0.0807. The quantitative estimate of drug-likeness (QED) is 0.646. The maximum absolute atomic E-state index is 12.2. The summed E-state index contributed by atoms with van der Waals surface area (Å²) in [4.78, 5) is 36.5. The number of aliphatic hydroxyl groups is 1. The van der Waals surface area contributed by atoms with Gasteiger partial charge in [0.15, 0.2) is 5.76 Å². The van der Waals surface area contributed by atoms with Crippen LogP contribution in [0.25, 0.3) is 0 Å². The average Bonchev–Trinajstić information content (AvgIpc) is 3.04. The number of aliphatic hydroxyl groups excluding tert-OH is 1. The summed E-state index contributed by atoms with van der Waals surface area (Å²) in [6, 6.07) is 2.21. The molecule has 0 saturated carbocycles. The van der Waals surface area contributed by atoms with E-state index in [1.807, 2.05) is 0 Å². The lowest BCUT2D eigenvalue weighted by Gasteiger charge is -2.49. The topological polar surface area (TPSA) is 120 Å². The van der Waals surface area contributed by atoms with E-state index in [0.717, 1.165) is 4.90 Å². The molecule has 8 nitrogen and oxygen atoms in total. The van der Waals surface area contributed by atoms with Crippen molar-refractivity contribution in [2.75, 3.05) is 12.4 Å². The van der Waals surface area contributed by atoms with Gasteiger partial charge in [0.1, 0.15) is 17.1 Å². The first-order chi connectivity index (χ1) is 10.5. The first-order valence-electron chi connectivity index (χ1n) is 6.39. The van der Waals surface area contributed by atoms with Crippen LogP contribution in [-0.4, -0.2) is 56.7 Å². The molecule has 2 atom stereocenters. The summed E-state index contributed by atoms with van der Waals surface area (Å²) in [5.41, 5.74) is 0.0951. The molecule has 0 radical (unpaired) electrons. The van der Waals surface area contributed by atoms with E-state index >= 15 is 0 Å². The number of aliphatic carboxylic acids is 1. The van der Waals surface area contributed by atoms with Gasteiger partial charge < -0.3 is 19.9 Å². The number of carboxylic acids is 1. The van der Waals surface area contributed by atoms with Crippen LogP contribution in [0.5, 0.6) is 0 Å². The van der Waals surface area contributed by atoms with E-state index in [9.17, 15) is 24.6 Å². The highest BCUT2D eigenvalue weighted by atomic mass is 32.2. The van der Waals surface area contributed by atoms with Crippen LogP contribution in [0.2, 0.25) is 0 Å². The van der Waals surface area contributed by atoms with Crippen molar-refractivity contribution in [1.82, 2.24) is 10.2 Å². The van der Waals surface area contributed by atoms with Gasteiger partial charge in [-0.1, -0.05) is 0 Å². The van der Waals surface area contributed by atoms with Gasteiger partial charge in [0.2, 0.25) is 0 Å². The lowest BCUT2D eigenvalue weighted by molar-refractivity contribution is -0.148. The zero-order valence-electron chi connectivity index (χ0n) is 11.2. The Morgan fingerprint density at radius 1 is 1.50 bits per heavy atom. The van der Waals surface area contributed by atoms with Crippen molar-refractivity contribution in [1.29, 1.82) is 0 Å². The molecule has 1 aromatic heterocycles. The lowest BCUT2D eigenvalue weighted by Crippen LogP contribution is -2.70. The Labute approximate surface area is 128 Å². The molecule has 3 N–H and O–H groups in total. The second kappa shape index (κ2) is 5.50. The first kappa shape index (κ1) is 14.7. The third-order valence-electron chi connectivity index (χ3n) is 3.47. The highest BCUT2D eigenvalue weighted by Gasteiger charge is 2.54. The van der Waals surface area contributed by atoms with Gasteiger partial charge in [0, 0.05) is 5.75 Å². The number of hydrogen-bond donors (Lipinski definition) is 3. The Hall–Kier alpha value is -2.26. The summed E-state index contributed by atoms with van der Waals surface area (Å²) in [6.07, 6.45) is 1.35. The van der Waals surface area contributed by atoms with E-state index in [1.54, 1.807) is 6.07 Å². The number of thioether (sulfide) groups is 1. The van der Waals surface area contributed by atoms with Crippen LogP contribution in [0.4, 0.5) is 0 Å². The number of rotatable bonds is 4. The number of carbonyl (C=O) groups is 3. The summed E-state index contributed by atoms with van der Waals surface area (Å²) >= 11 is 1.30. The minimum atomic E-state index is -1.27. The van der Waals surface area contributed by atoms with Crippen LogP contribution in [0, 0.1) is 0 Å². The van der Waals surface area contributed by atoms with Crippen LogP contribution in [0.15, 0.2) is 34.1 Å². The van der Waals surface area contributed by atoms with E-state index in [2.05, 4.69) is 5.32 Å². The number of nitrogens with zero attached hydrogens (tertiary/aromatic N) is 1. The molecule has 9 heteroatoms. The number of carbonyl (C=O) groups excluding carboxylic acids is 2. The SMILES string of the molecule is O=C(O)C1=C(CO)CS[C@@H]2[C@H](NC(=O)c3ccco3)C(=O)N12. The molecule has 1 fully saturated rings. The molecule has 1 aromatic rings. The number of furan rings is 1. The zero-order valence-corrected chi connectivity index (χ0v) is 12.0. The molecule has 2 aliphatic rings. The van der Waals surface area contributed by atoms with Gasteiger partial charge in [0.05, 0.1) is 12.9 Å². The van der Waals surface area contributed by atoms with Gasteiger partial charge in [-0.2, -0.15) is 0 Å². The molecule has 22 heavy (non-hydrogen) atoms. The van der Waals surface area contributed by atoms with Crippen molar-refractivity contribution in [3.05, 3.63) is 35.4 Å². The second-order valence-electron chi connectivity index (χ2n) is 4.75. The van der Waals surface area contributed by atoms with Gasteiger partial charge in [-0.05, 0) is 17.7 Å². The molecule has 116 valence electrons. The van der Waals surface area contributed by atoms with E-state index < -0.39 is 35.8 Å². The number of β-lactam (4-membered cyclic amide) rings is 1. The van der Waals surface area contributed by atoms with Crippen LogP contribution in [-0.2, 0) is 9.59 Å². The average molecular weight is 324 g/mol. The summed E-state index contributed by atoms with van der Waals surface area (Å²) in [6.45, 7) is -0.422. The normalized spacial score (nSPS) is 23.9. The standard InChI is InChI=1S/C13H12N2O6S/c16-4-6-5-22-12-8(11(18)15(12)9(6)13(19)20)14-10(17)7-2-1-3-21-7/h1-3,8,12,16H,4-5H2,(H,14,17)(H,19,20)/t8-,12-/m1/s1.